The van der Waals surface area contributed by atoms with Crippen LogP contribution in [0.5, 0.6) is 0 Å². The summed E-state index contributed by atoms with van der Waals surface area (Å²) in [5.74, 6) is 0. The van der Waals surface area contributed by atoms with Crippen LogP contribution in [0.25, 0.3) is 119 Å². The van der Waals surface area contributed by atoms with Crippen LogP contribution in [-0.2, 0) is 0 Å². The summed E-state index contributed by atoms with van der Waals surface area (Å²) in [7, 11) is 0. The highest BCUT2D eigenvalue weighted by Gasteiger charge is 2.49. The summed E-state index contributed by atoms with van der Waals surface area (Å²) >= 11 is 0. The van der Waals surface area contributed by atoms with E-state index in [0.29, 0.717) is 0 Å². The molecule has 0 amide bonds. The Balaban J connectivity index is 0.811. The maximum absolute atomic E-state index is 2.69. The second-order valence-corrected chi connectivity index (χ2v) is 29.6. The van der Waals surface area contributed by atoms with Gasteiger partial charge >= 0.3 is 0 Å². The van der Waals surface area contributed by atoms with Crippen molar-refractivity contribution in [1.29, 1.82) is 0 Å². The molecular weight excluding hydrogens is 1300 g/mol. The van der Waals surface area contributed by atoms with E-state index >= 15 is 0 Å². The van der Waals surface area contributed by atoms with Crippen LogP contribution in [0, 0.1) is 0 Å². The second-order valence-electron chi connectivity index (χ2n) is 29.6. The monoisotopic (exact) mass is 1360 g/mol. The van der Waals surface area contributed by atoms with E-state index in [1.54, 1.807) is 0 Å². The Morgan fingerprint density at radius 3 is 0.769 bits per heavy atom. The van der Waals surface area contributed by atoms with Crippen LogP contribution in [0.4, 0.5) is 68.2 Å². The van der Waals surface area contributed by atoms with Crippen LogP contribution in [0.3, 0.4) is 0 Å². The van der Waals surface area contributed by atoms with E-state index in [1.165, 1.54) is 152 Å². The maximum Gasteiger partial charge on any atom is 0.252 e. The van der Waals surface area contributed by atoms with Gasteiger partial charge in [-0.25, -0.2) is 0 Å². The minimum absolute atomic E-state index is 0.178. The lowest BCUT2D eigenvalue weighted by Crippen LogP contribution is -2.65. The zero-order valence-corrected chi connectivity index (χ0v) is 58.7. The predicted molar refractivity (Wildman–Crippen MR) is 463 cm³/mol. The number of fused-ring (bicyclic) bond motifs is 26. The Bertz CT molecular complexity index is 7150. The van der Waals surface area contributed by atoms with Gasteiger partial charge in [-0.15, -0.1) is 0 Å². The quantitative estimate of drug-likeness (QED) is 0.121. The molecule has 0 saturated heterocycles. The van der Waals surface area contributed by atoms with E-state index in [4.69, 9.17) is 0 Å². The third-order valence-corrected chi connectivity index (χ3v) is 24.3. The smallest absolute Gasteiger partial charge is 0.252 e. The first-order valence-corrected chi connectivity index (χ1v) is 37.7. The van der Waals surface area contributed by atoms with E-state index < -0.39 is 0 Å². The van der Waals surface area contributed by atoms with Crippen molar-refractivity contribution in [3.05, 3.63) is 376 Å². The summed E-state index contributed by atoms with van der Waals surface area (Å²) in [6.45, 7) is -0.374. The van der Waals surface area contributed by atoms with Gasteiger partial charge in [-0.05, 0) is 220 Å². The number of hydrogen-bond donors (Lipinski definition) is 0. The van der Waals surface area contributed by atoms with Crippen molar-refractivity contribution < 1.29 is 0 Å². The van der Waals surface area contributed by atoms with Gasteiger partial charge in [-0.1, -0.05) is 297 Å². The van der Waals surface area contributed by atoms with E-state index in [1.807, 2.05) is 0 Å². The highest BCUT2D eigenvalue weighted by atomic mass is 15.2. The zero-order valence-electron chi connectivity index (χ0n) is 58.7. The van der Waals surface area contributed by atoms with Crippen LogP contribution in [0.15, 0.2) is 376 Å². The second kappa shape index (κ2) is 22.8. The molecule has 4 heterocycles. The molecule has 0 aliphatic carbocycles. The fourth-order valence-corrected chi connectivity index (χ4v) is 19.9. The Labute approximate surface area is 625 Å². The molecule has 0 saturated carbocycles. The minimum atomic E-state index is -0.196. The van der Waals surface area contributed by atoms with Gasteiger partial charge in [0.25, 0.3) is 13.4 Å². The average Bonchev–Trinajstić information content (AvgIpc) is 0.671. The number of benzene rings is 20. The van der Waals surface area contributed by atoms with Crippen LogP contribution in [0.1, 0.15) is 0 Å². The van der Waals surface area contributed by atoms with Crippen molar-refractivity contribution in [2.24, 2.45) is 0 Å². The molecule has 6 heteroatoms. The van der Waals surface area contributed by atoms with Gasteiger partial charge in [0.15, 0.2) is 0 Å². The molecule has 0 radical (unpaired) electrons. The lowest BCUT2D eigenvalue weighted by Gasteiger charge is -2.47. The summed E-state index contributed by atoms with van der Waals surface area (Å²) in [6.07, 6.45) is 0. The van der Waals surface area contributed by atoms with Gasteiger partial charge in [0, 0.05) is 73.7 Å². The molecule has 4 aliphatic heterocycles. The SMILES string of the molecule is c1ccc(-c2cccc(-c3ccccc3)c2N2c3ccccc3B3c4cc5c(cc4N(c4ccc6c7ccccc7c7ccccc7c6c4)c4cccc2c43)N(c2ccc3c4ccccc4c4ccccc4c3c2)c2cccc3c2B5c2ccccc2N3c2ccc3c4ccccc4c4ccccc4c3c2)cc1. The molecule has 0 aromatic heterocycles. The third-order valence-electron chi connectivity index (χ3n) is 24.3. The van der Waals surface area contributed by atoms with Gasteiger partial charge in [-0.3, -0.25) is 0 Å². The van der Waals surface area contributed by atoms with E-state index in [0.717, 1.165) is 68.0 Å². The minimum Gasteiger partial charge on any atom is -0.311 e. The lowest BCUT2D eigenvalue weighted by atomic mass is 9.30. The van der Waals surface area contributed by atoms with Crippen molar-refractivity contribution in [1.82, 2.24) is 0 Å². The number of anilines is 12. The fraction of sp³-hybridized carbons (Fsp3) is 0. The largest absolute Gasteiger partial charge is 0.311 e. The van der Waals surface area contributed by atoms with E-state index in [2.05, 4.69) is 396 Å². The van der Waals surface area contributed by atoms with Crippen LogP contribution >= 0.6 is 0 Å². The molecular formula is C102H62B2N4. The predicted octanol–water partition coefficient (Wildman–Crippen LogP) is 23.6. The summed E-state index contributed by atoms with van der Waals surface area (Å²) in [6, 6.07) is 143. The topological polar surface area (TPSA) is 13.0 Å². The first-order valence-electron chi connectivity index (χ1n) is 37.7. The summed E-state index contributed by atoms with van der Waals surface area (Å²) in [5.41, 5.74) is 26.0. The van der Waals surface area contributed by atoms with Crippen LogP contribution in [0.2, 0.25) is 0 Å². The molecule has 0 spiro atoms. The van der Waals surface area contributed by atoms with E-state index in [-0.39, 0.29) is 13.4 Å². The molecule has 20 aromatic carbocycles. The summed E-state index contributed by atoms with van der Waals surface area (Å²) in [4.78, 5) is 10.5. The molecule has 20 aromatic rings. The van der Waals surface area contributed by atoms with E-state index in [9.17, 15) is 0 Å². The first kappa shape index (κ1) is 59.5. The Kier molecular flexibility index (Phi) is 12.5. The normalized spacial score (nSPS) is 13.3. The van der Waals surface area contributed by atoms with Crippen molar-refractivity contribution in [3.63, 3.8) is 0 Å². The molecule has 108 heavy (non-hydrogen) atoms. The van der Waals surface area contributed by atoms with Crippen molar-refractivity contribution in [2.45, 2.75) is 0 Å². The number of para-hydroxylation sites is 3. The molecule has 4 nitrogen and oxygen atoms in total. The summed E-state index contributed by atoms with van der Waals surface area (Å²) in [5, 5.41) is 22.5. The highest BCUT2D eigenvalue weighted by Crippen LogP contribution is 2.54. The molecule has 4 aliphatic rings. The molecule has 0 atom stereocenters. The van der Waals surface area contributed by atoms with Gasteiger partial charge < -0.3 is 19.6 Å². The molecule has 24 rings (SSSR count). The van der Waals surface area contributed by atoms with Gasteiger partial charge in [0.1, 0.15) is 0 Å². The van der Waals surface area contributed by atoms with Crippen LogP contribution < -0.4 is 52.4 Å². The average molecular weight is 1370 g/mol. The number of hydrogen-bond acceptors (Lipinski definition) is 4. The number of nitrogens with zero attached hydrogens (tertiary/aromatic N) is 4. The summed E-state index contributed by atoms with van der Waals surface area (Å²) < 4.78 is 0. The van der Waals surface area contributed by atoms with Crippen molar-refractivity contribution in [3.8, 4) is 22.3 Å². The van der Waals surface area contributed by atoms with Crippen molar-refractivity contribution >= 4 is 211 Å². The highest BCUT2D eigenvalue weighted by molar-refractivity contribution is 7.03. The zero-order chi connectivity index (χ0) is 70.4. The van der Waals surface area contributed by atoms with Gasteiger partial charge in [0.05, 0.1) is 5.69 Å². The first-order chi connectivity index (χ1) is 53.6. The molecule has 0 bridgehead atoms. The number of rotatable bonds is 6. The Morgan fingerprint density at radius 1 is 0.157 bits per heavy atom. The van der Waals surface area contributed by atoms with Gasteiger partial charge in [0.2, 0.25) is 0 Å². The Hall–Kier alpha value is -13.9. The fourth-order valence-electron chi connectivity index (χ4n) is 19.9. The molecule has 496 valence electrons. The third kappa shape index (κ3) is 8.31. The molecule has 0 fully saturated rings. The van der Waals surface area contributed by atoms with Crippen molar-refractivity contribution in [2.75, 3.05) is 19.6 Å². The van der Waals surface area contributed by atoms with Crippen LogP contribution in [-0.4, -0.2) is 13.4 Å². The lowest BCUT2D eigenvalue weighted by molar-refractivity contribution is 1.24. The standard InChI is InChI=1S/C102H62B2N4/c1-3-26-63(27-4-1)68-42-23-43-69(64-28-5-2-6-29-64)102(68)108-93-47-22-20-45-89(93)104-91-61-90-98(62-99(91)107(96-50-25-51-97(108)101(96)104)67-54-57-84-78-38-12-9-32-72(78)75-35-15-18-41-81(75)87(84)60-67)106(66-53-56-83-77-37-11-8-31-71(77)74-34-14-17-40-80(74)86(83)59-66)95-49-24-48-94-100(95)103(90)88-44-19-21-46-92(88)105(94)65-52-55-82-76-36-10-7-30-70(76)73-33-13-16-39-79(73)85(82)58-65/h1-62H. The van der Waals surface area contributed by atoms with Gasteiger partial charge in [-0.2, -0.15) is 0 Å². The molecule has 0 N–H and O–H groups in total. The maximum atomic E-state index is 2.69. The Morgan fingerprint density at radius 2 is 0.417 bits per heavy atom. The molecule has 0 unspecified atom stereocenters.